The van der Waals surface area contributed by atoms with Crippen molar-refractivity contribution in [3.05, 3.63) is 29.3 Å². The van der Waals surface area contributed by atoms with E-state index >= 15 is 0 Å². The van der Waals surface area contributed by atoms with Gasteiger partial charge in [0.1, 0.15) is 0 Å². The van der Waals surface area contributed by atoms with Crippen LogP contribution in [0.3, 0.4) is 0 Å². The first-order valence-electron chi connectivity index (χ1n) is 8.86. The van der Waals surface area contributed by atoms with E-state index in [9.17, 15) is 4.79 Å². The highest BCUT2D eigenvalue weighted by molar-refractivity contribution is 5.79. The molecule has 2 aliphatic rings. The smallest absolute Gasteiger partial charge is 0.223 e. The molecule has 0 spiro atoms. The number of anilines is 1. The molecule has 0 bridgehead atoms. The third-order valence-corrected chi connectivity index (χ3v) is 5.59. The molecule has 3 nitrogen and oxygen atoms in total. The summed E-state index contributed by atoms with van der Waals surface area (Å²) >= 11 is 0. The van der Waals surface area contributed by atoms with Crippen molar-refractivity contribution in [2.75, 3.05) is 5.73 Å². The summed E-state index contributed by atoms with van der Waals surface area (Å²) in [6.45, 7) is 2.26. The normalized spacial score (nSPS) is 28.0. The number of rotatable bonds is 3. The number of carbonyl (C=O) groups excluding carboxylic acids is 1. The predicted octanol–water partition coefficient (Wildman–Crippen LogP) is 3.98. The SMILES string of the molecule is CCC1CCC(C(=O)NC2CCCc3cc(N)ccc32)CC1. The van der Waals surface area contributed by atoms with Crippen LogP contribution in [-0.4, -0.2) is 5.91 Å². The zero-order valence-corrected chi connectivity index (χ0v) is 13.6. The molecule has 22 heavy (non-hydrogen) atoms. The molecule has 3 rings (SSSR count). The quantitative estimate of drug-likeness (QED) is 0.830. The van der Waals surface area contributed by atoms with E-state index < -0.39 is 0 Å². The third-order valence-electron chi connectivity index (χ3n) is 5.59. The zero-order valence-electron chi connectivity index (χ0n) is 13.6. The summed E-state index contributed by atoms with van der Waals surface area (Å²) in [7, 11) is 0. The van der Waals surface area contributed by atoms with Crippen LogP contribution in [0.25, 0.3) is 0 Å². The third kappa shape index (κ3) is 3.29. The van der Waals surface area contributed by atoms with Gasteiger partial charge in [-0.1, -0.05) is 19.4 Å². The maximum absolute atomic E-state index is 12.6. The van der Waals surface area contributed by atoms with Crippen LogP contribution in [-0.2, 0) is 11.2 Å². The summed E-state index contributed by atoms with van der Waals surface area (Å²) in [5.41, 5.74) is 9.29. The Morgan fingerprint density at radius 2 is 2.00 bits per heavy atom. The summed E-state index contributed by atoms with van der Waals surface area (Å²) in [4.78, 5) is 12.6. The van der Waals surface area contributed by atoms with E-state index in [1.54, 1.807) is 0 Å². The van der Waals surface area contributed by atoms with Crippen molar-refractivity contribution >= 4 is 11.6 Å². The second-order valence-corrected chi connectivity index (χ2v) is 7.04. The van der Waals surface area contributed by atoms with E-state index in [1.165, 1.54) is 30.4 Å². The van der Waals surface area contributed by atoms with Crippen molar-refractivity contribution in [2.24, 2.45) is 11.8 Å². The summed E-state index contributed by atoms with van der Waals surface area (Å²) in [6.07, 6.45) is 9.06. The van der Waals surface area contributed by atoms with Crippen LogP contribution < -0.4 is 11.1 Å². The van der Waals surface area contributed by atoms with Gasteiger partial charge in [-0.05, 0) is 74.1 Å². The average Bonchev–Trinajstić information content (AvgIpc) is 2.55. The number of hydrogen-bond donors (Lipinski definition) is 2. The number of nitrogen functional groups attached to an aromatic ring is 1. The Balaban J connectivity index is 1.63. The molecule has 0 aromatic heterocycles. The molecule has 0 saturated heterocycles. The highest BCUT2D eigenvalue weighted by atomic mass is 16.1. The molecule has 1 fully saturated rings. The first-order valence-corrected chi connectivity index (χ1v) is 8.86. The van der Waals surface area contributed by atoms with Crippen LogP contribution in [0, 0.1) is 11.8 Å². The number of benzene rings is 1. The standard InChI is InChI=1S/C19H28N2O/c1-2-13-6-8-14(9-7-13)19(22)21-18-5-3-4-15-12-16(20)10-11-17(15)18/h10-14,18H,2-9,20H2,1H3,(H,21,22). The fourth-order valence-corrected chi connectivity index (χ4v) is 4.11. The number of aryl methyl sites for hydroxylation is 1. The molecule has 1 aromatic rings. The molecule has 3 N–H and O–H groups in total. The first-order chi connectivity index (χ1) is 10.7. The van der Waals surface area contributed by atoms with Crippen molar-refractivity contribution in [1.82, 2.24) is 5.32 Å². The lowest BCUT2D eigenvalue weighted by molar-refractivity contribution is -0.127. The van der Waals surface area contributed by atoms with Gasteiger partial charge in [-0.25, -0.2) is 0 Å². The topological polar surface area (TPSA) is 55.1 Å². The molecule has 2 aliphatic carbocycles. The molecular weight excluding hydrogens is 272 g/mol. The summed E-state index contributed by atoms with van der Waals surface area (Å²) in [6, 6.07) is 6.30. The highest BCUT2D eigenvalue weighted by Crippen LogP contribution is 2.34. The van der Waals surface area contributed by atoms with E-state index in [0.717, 1.165) is 43.7 Å². The van der Waals surface area contributed by atoms with Crippen LogP contribution in [0.15, 0.2) is 18.2 Å². The minimum Gasteiger partial charge on any atom is -0.399 e. The lowest BCUT2D eigenvalue weighted by Crippen LogP contribution is -2.37. The fourth-order valence-electron chi connectivity index (χ4n) is 4.11. The van der Waals surface area contributed by atoms with Gasteiger partial charge in [0.15, 0.2) is 0 Å². The van der Waals surface area contributed by atoms with E-state index in [1.807, 2.05) is 6.07 Å². The van der Waals surface area contributed by atoms with Gasteiger partial charge in [-0.2, -0.15) is 0 Å². The van der Waals surface area contributed by atoms with Crippen molar-refractivity contribution in [2.45, 2.75) is 64.3 Å². The van der Waals surface area contributed by atoms with Gasteiger partial charge in [-0.3, -0.25) is 4.79 Å². The number of hydrogen-bond acceptors (Lipinski definition) is 2. The molecule has 0 aliphatic heterocycles. The van der Waals surface area contributed by atoms with Crippen LogP contribution in [0.1, 0.15) is 69.0 Å². The molecule has 3 heteroatoms. The molecule has 1 atom stereocenters. The Hall–Kier alpha value is -1.51. The number of nitrogens with two attached hydrogens (primary N) is 1. The molecule has 1 saturated carbocycles. The predicted molar refractivity (Wildman–Crippen MR) is 90.4 cm³/mol. The Labute approximate surface area is 133 Å². The minimum atomic E-state index is 0.181. The molecule has 0 radical (unpaired) electrons. The molecule has 1 aromatic carbocycles. The summed E-state index contributed by atoms with van der Waals surface area (Å²) in [5, 5.41) is 3.32. The highest BCUT2D eigenvalue weighted by Gasteiger charge is 2.28. The second kappa shape index (κ2) is 6.72. The van der Waals surface area contributed by atoms with Crippen molar-refractivity contribution in [1.29, 1.82) is 0 Å². The minimum absolute atomic E-state index is 0.181. The molecule has 120 valence electrons. The van der Waals surface area contributed by atoms with Crippen molar-refractivity contribution < 1.29 is 4.79 Å². The Bertz CT molecular complexity index is 532. The maximum Gasteiger partial charge on any atom is 0.223 e. The summed E-state index contributed by atoms with van der Waals surface area (Å²) in [5.74, 6) is 1.33. The van der Waals surface area contributed by atoms with E-state index in [-0.39, 0.29) is 17.9 Å². The number of fused-ring (bicyclic) bond motifs is 1. The zero-order chi connectivity index (χ0) is 15.5. The number of carbonyl (C=O) groups is 1. The molecule has 1 amide bonds. The molecule has 0 heterocycles. The fraction of sp³-hybridized carbons (Fsp3) is 0.632. The van der Waals surface area contributed by atoms with Gasteiger partial charge in [0.2, 0.25) is 5.91 Å². The van der Waals surface area contributed by atoms with Crippen molar-refractivity contribution in [3.8, 4) is 0 Å². The van der Waals surface area contributed by atoms with Crippen LogP contribution in [0.2, 0.25) is 0 Å². The van der Waals surface area contributed by atoms with Crippen molar-refractivity contribution in [3.63, 3.8) is 0 Å². The molecular formula is C19H28N2O. The van der Waals surface area contributed by atoms with Crippen LogP contribution in [0.5, 0.6) is 0 Å². The van der Waals surface area contributed by atoms with E-state index in [0.29, 0.717) is 0 Å². The number of nitrogens with one attached hydrogen (secondary N) is 1. The average molecular weight is 300 g/mol. The number of amides is 1. The van der Waals surface area contributed by atoms with E-state index in [4.69, 9.17) is 5.73 Å². The Kier molecular flexibility index (Phi) is 4.70. The van der Waals surface area contributed by atoms with Gasteiger partial charge >= 0.3 is 0 Å². The van der Waals surface area contributed by atoms with Crippen LogP contribution >= 0.6 is 0 Å². The van der Waals surface area contributed by atoms with Gasteiger partial charge in [0, 0.05) is 11.6 Å². The van der Waals surface area contributed by atoms with E-state index in [2.05, 4.69) is 24.4 Å². The summed E-state index contributed by atoms with van der Waals surface area (Å²) < 4.78 is 0. The Morgan fingerprint density at radius 3 is 2.73 bits per heavy atom. The second-order valence-electron chi connectivity index (χ2n) is 7.04. The van der Waals surface area contributed by atoms with Gasteiger partial charge in [0.25, 0.3) is 0 Å². The largest absolute Gasteiger partial charge is 0.399 e. The first kappa shape index (κ1) is 15.4. The van der Waals surface area contributed by atoms with Crippen LogP contribution in [0.4, 0.5) is 5.69 Å². The van der Waals surface area contributed by atoms with Gasteiger partial charge in [-0.15, -0.1) is 0 Å². The van der Waals surface area contributed by atoms with Gasteiger partial charge in [0.05, 0.1) is 6.04 Å². The monoisotopic (exact) mass is 300 g/mol. The Morgan fingerprint density at radius 1 is 1.23 bits per heavy atom. The lowest BCUT2D eigenvalue weighted by Gasteiger charge is -2.31. The molecule has 1 unspecified atom stereocenters. The van der Waals surface area contributed by atoms with Gasteiger partial charge < -0.3 is 11.1 Å². The maximum atomic E-state index is 12.6. The lowest BCUT2D eigenvalue weighted by atomic mass is 9.80.